The third-order valence-corrected chi connectivity index (χ3v) is 6.18. The lowest BCUT2D eigenvalue weighted by Gasteiger charge is -2.25. The lowest BCUT2D eigenvalue weighted by molar-refractivity contribution is -0.135. The standard InChI is InChI=1S/C25H24N4O3/c1-15-13-16(2)18(4)23(17(15)3)24-26-32-29-27(24)21-11-6-7-12-22(21)28(29)25(30)19-9-8-10-20(14-19)31-5/h6-14H,1-5H3. The van der Waals surface area contributed by atoms with E-state index >= 15 is 0 Å². The van der Waals surface area contributed by atoms with Crippen LogP contribution in [0.5, 0.6) is 5.75 Å². The van der Waals surface area contributed by atoms with E-state index in [0.717, 1.165) is 22.4 Å². The van der Waals surface area contributed by atoms with E-state index < -0.39 is 0 Å². The summed E-state index contributed by atoms with van der Waals surface area (Å²) in [6, 6.07) is 16.9. The minimum Gasteiger partial charge on any atom is -0.497 e. The van der Waals surface area contributed by atoms with Crippen LogP contribution >= 0.6 is 0 Å². The first-order valence-corrected chi connectivity index (χ1v) is 10.4. The Labute approximate surface area is 187 Å². The molecular weight excluding hydrogens is 404 g/mol. The molecule has 2 heterocycles. The number of fused-ring (bicyclic) bond motifs is 3. The van der Waals surface area contributed by atoms with Crippen LogP contribution in [-0.4, -0.2) is 24.1 Å². The molecule has 1 amide bonds. The largest absolute Gasteiger partial charge is 0.497 e. The molecule has 0 spiro atoms. The number of benzene rings is 3. The molecule has 0 aromatic heterocycles. The molecule has 7 nitrogen and oxygen atoms in total. The summed E-state index contributed by atoms with van der Waals surface area (Å²) < 4.78 is 5.30. The first-order valence-electron chi connectivity index (χ1n) is 10.4. The average Bonchev–Trinajstić information content (AvgIpc) is 3.36. The second-order valence-electron chi connectivity index (χ2n) is 8.03. The number of aryl methyl sites for hydroxylation is 2. The molecule has 0 aliphatic carbocycles. The summed E-state index contributed by atoms with van der Waals surface area (Å²) in [6.45, 7) is 8.36. The second kappa shape index (κ2) is 7.39. The number of methoxy groups -OCH3 is 1. The minimum absolute atomic E-state index is 0.246. The number of hydrazine groups is 2. The van der Waals surface area contributed by atoms with Crippen LogP contribution in [0, 0.1) is 27.7 Å². The van der Waals surface area contributed by atoms with Gasteiger partial charge in [0.25, 0.3) is 5.91 Å². The third-order valence-electron chi connectivity index (χ3n) is 6.18. The van der Waals surface area contributed by atoms with E-state index in [1.807, 2.05) is 29.3 Å². The van der Waals surface area contributed by atoms with Gasteiger partial charge in [-0.05, 0) is 85.4 Å². The van der Waals surface area contributed by atoms with Crippen molar-refractivity contribution in [2.75, 3.05) is 17.1 Å². The molecule has 0 fully saturated rings. The van der Waals surface area contributed by atoms with Crippen molar-refractivity contribution in [3.8, 4) is 5.75 Å². The first kappa shape index (κ1) is 20.1. The molecule has 0 unspecified atom stereocenters. The molecule has 3 aromatic carbocycles. The van der Waals surface area contributed by atoms with Gasteiger partial charge in [0.1, 0.15) is 5.75 Å². The van der Waals surface area contributed by atoms with E-state index in [1.54, 1.807) is 31.4 Å². The molecule has 0 N–H and O–H groups in total. The Morgan fingerprint density at radius 2 is 1.59 bits per heavy atom. The van der Waals surface area contributed by atoms with Crippen LogP contribution < -0.4 is 14.8 Å². The number of carbonyl (C=O) groups excluding carboxylic acids is 1. The van der Waals surface area contributed by atoms with Crippen molar-refractivity contribution in [1.29, 1.82) is 0 Å². The second-order valence-corrected chi connectivity index (χ2v) is 8.03. The number of para-hydroxylation sites is 2. The fourth-order valence-electron chi connectivity index (χ4n) is 4.25. The summed E-state index contributed by atoms with van der Waals surface area (Å²) >= 11 is 0. The highest BCUT2D eigenvalue weighted by Crippen LogP contribution is 2.43. The zero-order valence-corrected chi connectivity index (χ0v) is 18.7. The molecule has 3 aromatic rings. The Morgan fingerprint density at radius 1 is 0.906 bits per heavy atom. The quantitative estimate of drug-likeness (QED) is 0.598. The van der Waals surface area contributed by atoms with Gasteiger partial charge < -0.3 is 4.74 Å². The third kappa shape index (κ3) is 2.85. The Morgan fingerprint density at radius 3 is 2.28 bits per heavy atom. The van der Waals surface area contributed by atoms with Crippen molar-refractivity contribution >= 4 is 23.1 Å². The van der Waals surface area contributed by atoms with Crippen LogP contribution in [-0.2, 0) is 4.94 Å². The molecule has 0 radical (unpaired) electrons. The predicted molar refractivity (Wildman–Crippen MR) is 124 cm³/mol. The number of carbonyl (C=O) groups is 1. The SMILES string of the molecule is COc1cccc(C(=O)N2c3ccccc3N3C(c4c(C)c(C)cc(C)c4C)=NON23)c1. The molecule has 5 rings (SSSR count). The van der Waals surface area contributed by atoms with Gasteiger partial charge in [-0.1, -0.05) is 24.3 Å². The first-order chi connectivity index (χ1) is 15.4. The smallest absolute Gasteiger partial charge is 0.277 e. The molecule has 0 bridgehead atoms. The van der Waals surface area contributed by atoms with Gasteiger partial charge in [-0.2, -0.15) is 10.0 Å². The Hall–Kier alpha value is -3.84. The number of ether oxygens (including phenoxy) is 1. The maximum atomic E-state index is 13.6. The van der Waals surface area contributed by atoms with Crippen molar-refractivity contribution in [2.24, 2.45) is 5.16 Å². The highest BCUT2D eigenvalue weighted by Gasteiger charge is 2.47. The lowest BCUT2D eigenvalue weighted by atomic mass is 9.93. The number of nitrogens with zero attached hydrogens (tertiary/aromatic N) is 4. The molecule has 0 atom stereocenters. The van der Waals surface area contributed by atoms with E-state index in [-0.39, 0.29) is 5.91 Å². The van der Waals surface area contributed by atoms with Crippen LogP contribution in [0.4, 0.5) is 11.4 Å². The van der Waals surface area contributed by atoms with Crippen molar-refractivity contribution in [3.05, 3.63) is 88.0 Å². The number of amidine groups is 1. The zero-order valence-electron chi connectivity index (χ0n) is 18.7. The highest BCUT2D eigenvalue weighted by atomic mass is 16.9. The fourth-order valence-corrected chi connectivity index (χ4v) is 4.25. The number of oxime groups is 1. The summed E-state index contributed by atoms with van der Waals surface area (Å²) in [5.41, 5.74) is 7.65. The summed E-state index contributed by atoms with van der Waals surface area (Å²) in [5.74, 6) is 1.02. The molecule has 162 valence electrons. The van der Waals surface area contributed by atoms with E-state index in [2.05, 4.69) is 38.9 Å². The van der Waals surface area contributed by atoms with Crippen LogP contribution in [0.25, 0.3) is 0 Å². The Kier molecular flexibility index (Phi) is 4.64. The number of anilines is 2. The van der Waals surface area contributed by atoms with E-state index in [1.165, 1.54) is 21.4 Å². The predicted octanol–water partition coefficient (Wildman–Crippen LogP) is 4.83. The van der Waals surface area contributed by atoms with Crippen LogP contribution in [0.15, 0.2) is 59.8 Å². The maximum absolute atomic E-state index is 13.6. The molecule has 7 heteroatoms. The fraction of sp³-hybridized carbons (Fsp3) is 0.200. The molecule has 0 saturated heterocycles. The highest BCUT2D eigenvalue weighted by molar-refractivity contribution is 6.17. The Bertz CT molecular complexity index is 1260. The van der Waals surface area contributed by atoms with Gasteiger partial charge in [-0.25, -0.2) is 0 Å². The van der Waals surface area contributed by atoms with Gasteiger partial charge in [-0.3, -0.25) is 9.73 Å². The lowest BCUT2D eigenvalue weighted by Crippen LogP contribution is -2.49. The van der Waals surface area contributed by atoms with Gasteiger partial charge in [0, 0.05) is 11.1 Å². The maximum Gasteiger partial charge on any atom is 0.277 e. The number of amides is 1. The van der Waals surface area contributed by atoms with E-state index in [0.29, 0.717) is 22.8 Å². The molecule has 2 aliphatic heterocycles. The molecular formula is C25H24N4O3. The van der Waals surface area contributed by atoms with E-state index in [9.17, 15) is 4.79 Å². The number of hydrogen-bond acceptors (Lipinski definition) is 6. The minimum atomic E-state index is -0.246. The van der Waals surface area contributed by atoms with Gasteiger partial charge in [0.05, 0.1) is 23.8 Å². The topological polar surface area (TPSA) is 57.6 Å². The van der Waals surface area contributed by atoms with Crippen molar-refractivity contribution < 1.29 is 14.5 Å². The van der Waals surface area contributed by atoms with Crippen molar-refractivity contribution in [1.82, 2.24) is 5.28 Å². The number of rotatable bonds is 3. The number of hydrogen-bond donors (Lipinski definition) is 0. The van der Waals surface area contributed by atoms with E-state index in [4.69, 9.17) is 9.68 Å². The van der Waals surface area contributed by atoms with Gasteiger partial charge in [0.2, 0.25) is 5.84 Å². The Balaban J connectivity index is 1.62. The summed E-state index contributed by atoms with van der Waals surface area (Å²) in [6.07, 6.45) is 0. The summed E-state index contributed by atoms with van der Waals surface area (Å²) in [7, 11) is 1.58. The van der Waals surface area contributed by atoms with Crippen LogP contribution in [0.2, 0.25) is 0 Å². The van der Waals surface area contributed by atoms with Gasteiger partial charge >= 0.3 is 0 Å². The monoisotopic (exact) mass is 428 g/mol. The summed E-state index contributed by atoms with van der Waals surface area (Å²) in [4.78, 5) is 19.3. The zero-order chi connectivity index (χ0) is 22.6. The van der Waals surface area contributed by atoms with Gasteiger partial charge in [0.15, 0.2) is 0 Å². The van der Waals surface area contributed by atoms with Crippen LogP contribution in [0.3, 0.4) is 0 Å². The molecule has 2 aliphatic rings. The average molecular weight is 428 g/mol. The van der Waals surface area contributed by atoms with Crippen LogP contribution in [0.1, 0.15) is 38.2 Å². The molecule has 0 saturated carbocycles. The molecule has 32 heavy (non-hydrogen) atoms. The van der Waals surface area contributed by atoms with Crippen molar-refractivity contribution in [3.63, 3.8) is 0 Å². The normalized spacial score (nSPS) is 14.7. The van der Waals surface area contributed by atoms with Crippen molar-refractivity contribution in [2.45, 2.75) is 27.7 Å². The van der Waals surface area contributed by atoms with Gasteiger partial charge in [-0.15, -0.1) is 0 Å². The summed E-state index contributed by atoms with van der Waals surface area (Å²) in [5, 5.41) is 9.16.